The highest BCUT2D eigenvalue weighted by Crippen LogP contribution is 2.11. The molecule has 1 heterocycles. The molecule has 0 unspecified atom stereocenters. The Labute approximate surface area is 215 Å². The van der Waals surface area contributed by atoms with Gasteiger partial charge in [-0.3, -0.25) is 9.80 Å². The van der Waals surface area contributed by atoms with E-state index in [1.54, 1.807) is 24.3 Å². The molecule has 3 rings (SSSR count). The first-order chi connectivity index (χ1) is 17.7. The van der Waals surface area contributed by atoms with Gasteiger partial charge in [0.15, 0.2) is 0 Å². The molecule has 0 radical (unpaired) electrons. The summed E-state index contributed by atoms with van der Waals surface area (Å²) >= 11 is 0. The Bertz CT molecular complexity index is 728. The molecule has 0 spiro atoms. The molecule has 1 fully saturated rings. The largest absolute Gasteiger partial charge is 0.508 e. The first kappa shape index (κ1) is 28.4. The van der Waals surface area contributed by atoms with Crippen LogP contribution in [0.5, 0.6) is 11.5 Å². The minimum Gasteiger partial charge on any atom is -0.508 e. The maximum Gasteiger partial charge on any atom is 0.115 e. The van der Waals surface area contributed by atoms with Crippen molar-refractivity contribution in [3.63, 3.8) is 0 Å². The topological polar surface area (TPSA) is 83.9 Å². The maximum absolute atomic E-state index is 9.48. The van der Waals surface area contributed by atoms with Gasteiger partial charge in [0.25, 0.3) is 0 Å². The normalized spacial score (nSPS) is 18.9. The highest BCUT2D eigenvalue weighted by molar-refractivity contribution is 5.26. The molecule has 0 saturated carbocycles. The van der Waals surface area contributed by atoms with Gasteiger partial charge in [-0.2, -0.15) is 0 Å². The van der Waals surface area contributed by atoms with Gasteiger partial charge in [0, 0.05) is 39.3 Å². The van der Waals surface area contributed by atoms with Gasteiger partial charge in [-0.25, -0.2) is 0 Å². The SMILES string of the molecule is Oc1ccc(CCN2CCOCCOCCN(CCc3ccc(O)cc3)CCOCCOCC2)cc1. The maximum atomic E-state index is 9.48. The minimum atomic E-state index is 0.295. The Morgan fingerprint density at radius 2 is 0.778 bits per heavy atom. The zero-order chi connectivity index (χ0) is 25.3. The second-order valence-electron chi connectivity index (χ2n) is 8.97. The number of hydrogen-bond acceptors (Lipinski definition) is 8. The van der Waals surface area contributed by atoms with Gasteiger partial charge in [0.2, 0.25) is 0 Å². The molecule has 2 aromatic carbocycles. The fourth-order valence-electron chi connectivity index (χ4n) is 3.99. The third kappa shape index (κ3) is 12.2. The number of benzene rings is 2. The minimum absolute atomic E-state index is 0.295. The molecule has 8 heteroatoms. The lowest BCUT2D eigenvalue weighted by Crippen LogP contribution is -2.34. The van der Waals surface area contributed by atoms with Crippen LogP contribution < -0.4 is 0 Å². The summed E-state index contributed by atoms with van der Waals surface area (Å²) in [6.07, 6.45) is 1.82. The van der Waals surface area contributed by atoms with E-state index in [4.69, 9.17) is 18.9 Å². The van der Waals surface area contributed by atoms with Gasteiger partial charge in [-0.05, 0) is 48.2 Å². The summed E-state index contributed by atoms with van der Waals surface area (Å²) in [5, 5.41) is 19.0. The average Bonchev–Trinajstić information content (AvgIpc) is 2.89. The van der Waals surface area contributed by atoms with E-state index >= 15 is 0 Å². The van der Waals surface area contributed by atoms with Crippen LogP contribution >= 0.6 is 0 Å². The van der Waals surface area contributed by atoms with Crippen LogP contribution in [-0.4, -0.2) is 112 Å². The molecule has 1 saturated heterocycles. The summed E-state index contributed by atoms with van der Waals surface area (Å²) in [6, 6.07) is 14.8. The van der Waals surface area contributed by atoms with Crippen molar-refractivity contribution in [3.05, 3.63) is 59.7 Å². The van der Waals surface area contributed by atoms with Gasteiger partial charge < -0.3 is 29.2 Å². The number of aromatic hydroxyl groups is 2. The number of hydrogen-bond donors (Lipinski definition) is 2. The zero-order valence-corrected chi connectivity index (χ0v) is 21.4. The lowest BCUT2D eigenvalue weighted by molar-refractivity contribution is 0.00835. The summed E-state index contributed by atoms with van der Waals surface area (Å²) in [7, 11) is 0. The summed E-state index contributed by atoms with van der Waals surface area (Å²) in [6.45, 7) is 10.1. The van der Waals surface area contributed by atoms with Crippen LogP contribution in [-0.2, 0) is 31.8 Å². The molecule has 8 nitrogen and oxygen atoms in total. The van der Waals surface area contributed by atoms with E-state index in [1.165, 1.54) is 11.1 Å². The lowest BCUT2D eigenvalue weighted by atomic mass is 10.1. The molecular formula is C28H42N2O6. The standard InChI is InChI=1S/C28H42N2O6/c31-27-5-1-25(2-6-27)9-11-29-13-17-33-21-23-35-19-15-30(16-20-36-24-22-34-18-14-29)12-10-26-3-7-28(32)8-4-26/h1-8,31-32H,9-24H2. The number of nitrogens with zero attached hydrogens (tertiary/aromatic N) is 2. The van der Waals surface area contributed by atoms with Crippen molar-refractivity contribution in [2.75, 3.05) is 92.1 Å². The molecule has 200 valence electrons. The quantitative estimate of drug-likeness (QED) is 0.624. The fraction of sp³-hybridized carbons (Fsp3) is 0.571. The van der Waals surface area contributed by atoms with Crippen LogP contribution in [0, 0.1) is 0 Å². The summed E-state index contributed by atoms with van der Waals surface area (Å²) < 4.78 is 23.3. The Morgan fingerprint density at radius 1 is 0.472 bits per heavy atom. The Hall–Kier alpha value is -2.20. The molecule has 0 aliphatic carbocycles. The van der Waals surface area contributed by atoms with Crippen molar-refractivity contribution >= 4 is 0 Å². The number of phenols is 2. The van der Waals surface area contributed by atoms with Gasteiger partial charge in [-0.15, -0.1) is 0 Å². The fourth-order valence-corrected chi connectivity index (χ4v) is 3.99. The first-order valence-electron chi connectivity index (χ1n) is 13.0. The van der Waals surface area contributed by atoms with E-state index in [2.05, 4.69) is 9.80 Å². The van der Waals surface area contributed by atoms with E-state index in [-0.39, 0.29) is 0 Å². The summed E-state index contributed by atoms with van der Waals surface area (Å²) in [5.41, 5.74) is 2.40. The molecular weight excluding hydrogens is 460 g/mol. The summed E-state index contributed by atoms with van der Waals surface area (Å²) in [5.74, 6) is 0.589. The van der Waals surface area contributed by atoms with Gasteiger partial charge >= 0.3 is 0 Å². The number of phenolic OH excluding ortho intramolecular Hbond substituents is 2. The van der Waals surface area contributed by atoms with Gasteiger partial charge in [0.05, 0.1) is 52.9 Å². The van der Waals surface area contributed by atoms with E-state index in [0.29, 0.717) is 64.4 Å². The Kier molecular flexibility index (Phi) is 13.6. The average molecular weight is 503 g/mol. The van der Waals surface area contributed by atoms with Crippen molar-refractivity contribution in [1.29, 1.82) is 0 Å². The molecule has 0 aromatic heterocycles. The molecule has 1 aliphatic rings. The van der Waals surface area contributed by atoms with E-state index in [1.807, 2.05) is 24.3 Å². The molecule has 2 N–H and O–H groups in total. The Balaban J connectivity index is 1.39. The highest BCUT2D eigenvalue weighted by Gasteiger charge is 2.09. The van der Waals surface area contributed by atoms with Crippen molar-refractivity contribution in [3.8, 4) is 11.5 Å². The van der Waals surface area contributed by atoms with E-state index in [0.717, 1.165) is 52.1 Å². The molecule has 36 heavy (non-hydrogen) atoms. The van der Waals surface area contributed by atoms with Crippen molar-refractivity contribution < 1.29 is 29.2 Å². The van der Waals surface area contributed by atoms with E-state index in [9.17, 15) is 10.2 Å². The van der Waals surface area contributed by atoms with Crippen molar-refractivity contribution in [1.82, 2.24) is 9.80 Å². The lowest BCUT2D eigenvalue weighted by Gasteiger charge is -2.23. The summed E-state index contributed by atoms with van der Waals surface area (Å²) in [4.78, 5) is 4.70. The van der Waals surface area contributed by atoms with E-state index < -0.39 is 0 Å². The van der Waals surface area contributed by atoms with Crippen LogP contribution in [0.4, 0.5) is 0 Å². The van der Waals surface area contributed by atoms with Crippen LogP contribution in [0.25, 0.3) is 0 Å². The zero-order valence-electron chi connectivity index (χ0n) is 21.4. The predicted molar refractivity (Wildman–Crippen MR) is 140 cm³/mol. The smallest absolute Gasteiger partial charge is 0.115 e. The molecule has 0 amide bonds. The highest BCUT2D eigenvalue weighted by atomic mass is 16.5. The van der Waals surface area contributed by atoms with Gasteiger partial charge in [0.1, 0.15) is 11.5 Å². The number of rotatable bonds is 6. The monoisotopic (exact) mass is 502 g/mol. The van der Waals surface area contributed by atoms with Crippen LogP contribution in [0.3, 0.4) is 0 Å². The molecule has 2 aromatic rings. The predicted octanol–water partition coefficient (Wildman–Crippen LogP) is 2.57. The third-order valence-electron chi connectivity index (χ3n) is 6.26. The molecule has 1 aliphatic heterocycles. The Morgan fingerprint density at radius 3 is 1.08 bits per heavy atom. The second-order valence-corrected chi connectivity index (χ2v) is 8.97. The third-order valence-corrected chi connectivity index (χ3v) is 6.26. The molecule has 0 atom stereocenters. The van der Waals surface area contributed by atoms with Gasteiger partial charge in [-0.1, -0.05) is 24.3 Å². The molecule has 0 bridgehead atoms. The van der Waals surface area contributed by atoms with Crippen LogP contribution in [0.15, 0.2) is 48.5 Å². The second kappa shape index (κ2) is 17.3. The van der Waals surface area contributed by atoms with Crippen molar-refractivity contribution in [2.45, 2.75) is 12.8 Å². The van der Waals surface area contributed by atoms with Crippen molar-refractivity contribution in [2.24, 2.45) is 0 Å². The van der Waals surface area contributed by atoms with Crippen LogP contribution in [0.1, 0.15) is 11.1 Å². The number of ether oxygens (including phenoxy) is 4. The van der Waals surface area contributed by atoms with Crippen LogP contribution in [0.2, 0.25) is 0 Å². The first-order valence-corrected chi connectivity index (χ1v) is 13.0.